The lowest BCUT2D eigenvalue weighted by Gasteiger charge is -2.26. The Hall–Kier alpha value is -6.52. The van der Waals surface area contributed by atoms with E-state index in [4.69, 9.17) is 9.97 Å². The van der Waals surface area contributed by atoms with E-state index in [0.717, 1.165) is 34.4 Å². The van der Waals surface area contributed by atoms with Crippen LogP contribution in [0.3, 0.4) is 0 Å². The standard InChI is InChI=1S/C44H30N4/c1-3-15-39-31(11-1)13-9-17-41(39)47(43-19-5-7-25-45-43)37-23-21-33-28-36-30-38(24-22-34(36)27-35(33)29-37)48(44-20-6-8-26-46-44)42-18-10-14-32-12-2-4-16-40(32)42/h1-30H. The fourth-order valence-electron chi connectivity index (χ4n) is 6.82. The number of hydrogen-bond acceptors (Lipinski definition) is 4. The summed E-state index contributed by atoms with van der Waals surface area (Å²) in [6.07, 6.45) is 3.71. The highest BCUT2D eigenvalue weighted by atomic mass is 15.2. The molecule has 2 heterocycles. The van der Waals surface area contributed by atoms with E-state index < -0.39 is 0 Å². The summed E-state index contributed by atoms with van der Waals surface area (Å²) in [5, 5.41) is 9.45. The molecule has 4 heteroatoms. The average molecular weight is 615 g/mol. The minimum atomic E-state index is 0.877. The minimum Gasteiger partial charge on any atom is -0.294 e. The zero-order valence-corrected chi connectivity index (χ0v) is 26.1. The summed E-state index contributed by atoms with van der Waals surface area (Å²) in [6.45, 7) is 0. The number of fused-ring (bicyclic) bond motifs is 4. The summed E-state index contributed by atoms with van der Waals surface area (Å²) in [6, 6.07) is 60.0. The lowest BCUT2D eigenvalue weighted by Crippen LogP contribution is -2.12. The number of nitrogens with zero attached hydrogens (tertiary/aromatic N) is 4. The van der Waals surface area contributed by atoms with Gasteiger partial charge in [0, 0.05) is 34.5 Å². The number of anilines is 6. The molecule has 0 saturated carbocycles. The largest absolute Gasteiger partial charge is 0.294 e. The van der Waals surface area contributed by atoms with E-state index >= 15 is 0 Å². The van der Waals surface area contributed by atoms with E-state index in [-0.39, 0.29) is 0 Å². The Bertz CT molecular complexity index is 2390. The van der Waals surface area contributed by atoms with Gasteiger partial charge in [0.2, 0.25) is 0 Å². The molecule has 0 amide bonds. The second kappa shape index (κ2) is 11.7. The molecule has 0 N–H and O–H groups in total. The number of benzene rings is 7. The molecule has 0 aliphatic carbocycles. The monoisotopic (exact) mass is 614 g/mol. The van der Waals surface area contributed by atoms with Crippen LogP contribution < -0.4 is 9.80 Å². The Balaban J connectivity index is 1.18. The van der Waals surface area contributed by atoms with Crippen LogP contribution in [0.1, 0.15) is 0 Å². The lowest BCUT2D eigenvalue weighted by molar-refractivity contribution is 1.19. The Labute approximate surface area is 278 Å². The van der Waals surface area contributed by atoms with E-state index in [0.29, 0.717) is 0 Å². The molecule has 0 fully saturated rings. The Morgan fingerprint density at radius 1 is 0.312 bits per heavy atom. The maximum Gasteiger partial charge on any atom is 0.137 e. The summed E-state index contributed by atoms with van der Waals surface area (Å²) in [5.74, 6) is 1.75. The molecular weight excluding hydrogens is 585 g/mol. The molecule has 0 radical (unpaired) electrons. The predicted molar refractivity (Wildman–Crippen MR) is 201 cm³/mol. The predicted octanol–water partition coefficient (Wildman–Crippen LogP) is 12.0. The molecule has 9 rings (SSSR count). The number of rotatable bonds is 6. The normalized spacial score (nSPS) is 11.3. The quantitative estimate of drug-likeness (QED) is 0.174. The van der Waals surface area contributed by atoms with Crippen molar-refractivity contribution in [3.05, 3.63) is 182 Å². The highest BCUT2D eigenvalue weighted by Gasteiger charge is 2.18. The average Bonchev–Trinajstić information content (AvgIpc) is 3.15. The third kappa shape index (κ3) is 4.88. The summed E-state index contributed by atoms with van der Waals surface area (Å²) in [4.78, 5) is 14.1. The van der Waals surface area contributed by atoms with Gasteiger partial charge in [0.25, 0.3) is 0 Å². The van der Waals surface area contributed by atoms with Crippen LogP contribution in [-0.2, 0) is 0 Å². The highest BCUT2D eigenvalue weighted by Crippen LogP contribution is 2.41. The van der Waals surface area contributed by atoms with Crippen LogP contribution in [-0.4, -0.2) is 9.97 Å². The maximum absolute atomic E-state index is 4.78. The van der Waals surface area contributed by atoms with E-state index in [9.17, 15) is 0 Å². The van der Waals surface area contributed by atoms with Crippen molar-refractivity contribution in [3.8, 4) is 0 Å². The maximum atomic E-state index is 4.78. The van der Waals surface area contributed by atoms with Gasteiger partial charge in [-0.2, -0.15) is 0 Å². The molecule has 2 aromatic heterocycles. The Morgan fingerprint density at radius 2 is 0.750 bits per heavy atom. The second-order valence-electron chi connectivity index (χ2n) is 12.0. The van der Waals surface area contributed by atoms with E-state index in [1.165, 1.54) is 43.1 Å². The third-order valence-electron chi connectivity index (χ3n) is 9.05. The first kappa shape index (κ1) is 27.8. The van der Waals surface area contributed by atoms with E-state index in [1.807, 2.05) is 36.7 Å². The van der Waals surface area contributed by atoms with Gasteiger partial charge in [-0.15, -0.1) is 0 Å². The molecular formula is C44H30N4. The molecule has 0 bridgehead atoms. The molecule has 9 aromatic rings. The van der Waals surface area contributed by atoms with Crippen molar-refractivity contribution in [2.24, 2.45) is 0 Å². The van der Waals surface area contributed by atoms with Crippen LogP contribution in [0, 0.1) is 0 Å². The van der Waals surface area contributed by atoms with Crippen molar-refractivity contribution >= 4 is 77.5 Å². The van der Waals surface area contributed by atoms with Crippen LogP contribution in [0.25, 0.3) is 43.1 Å². The minimum absolute atomic E-state index is 0.877. The van der Waals surface area contributed by atoms with Crippen LogP contribution in [0.15, 0.2) is 182 Å². The van der Waals surface area contributed by atoms with Gasteiger partial charge >= 0.3 is 0 Å². The number of hydrogen-bond donors (Lipinski definition) is 0. The zero-order chi connectivity index (χ0) is 31.9. The van der Waals surface area contributed by atoms with Gasteiger partial charge in [-0.3, -0.25) is 9.80 Å². The third-order valence-corrected chi connectivity index (χ3v) is 9.05. The van der Waals surface area contributed by atoms with Gasteiger partial charge in [0.1, 0.15) is 11.6 Å². The van der Waals surface area contributed by atoms with Gasteiger partial charge in [0.05, 0.1) is 11.4 Å². The first-order chi connectivity index (χ1) is 23.8. The molecule has 0 saturated heterocycles. The Kier molecular flexibility index (Phi) is 6.76. The second-order valence-corrected chi connectivity index (χ2v) is 12.0. The van der Waals surface area contributed by atoms with Crippen LogP contribution >= 0.6 is 0 Å². The van der Waals surface area contributed by atoms with Gasteiger partial charge < -0.3 is 0 Å². The smallest absolute Gasteiger partial charge is 0.137 e. The van der Waals surface area contributed by atoms with Crippen molar-refractivity contribution in [2.75, 3.05) is 9.80 Å². The SMILES string of the molecule is c1ccc(N(c2ccc3cc4cc(N(c5ccccn5)c5cccc6ccccc56)ccc4cc3c2)c2cccc3ccccc23)nc1. The van der Waals surface area contributed by atoms with Gasteiger partial charge in [0.15, 0.2) is 0 Å². The van der Waals surface area contributed by atoms with Crippen molar-refractivity contribution in [1.82, 2.24) is 9.97 Å². The van der Waals surface area contributed by atoms with Crippen molar-refractivity contribution in [1.29, 1.82) is 0 Å². The summed E-state index contributed by atoms with van der Waals surface area (Å²) in [5.41, 5.74) is 4.32. The number of pyridine rings is 2. The zero-order valence-electron chi connectivity index (χ0n) is 26.1. The molecule has 0 spiro atoms. The Morgan fingerprint density at radius 3 is 1.21 bits per heavy atom. The molecule has 0 aliphatic heterocycles. The summed E-state index contributed by atoms with van der Waals surface area (Å²) >= 11 is 0. The van der Waals surface area contributed by atoms with Crippen LogP contribution in [0.5, 0.6) is 0 Å². The van der Waals surface area contributed by atoms with Gasteiger partial charge in [-0.1, -0.05) is 97.1 Å². The molecule has 0 unspecified atom stereocenters. The molecule has 0 atom stereocenters. The summed E-state index contributed by atoms with van der Waals surface area (Å²) < 4.78 is 0. The first-order valence-corrected chi connectivity index (χ1v) is 16.2. The van der Waals surface area contributed by atoms with E-state index in [1.54, 1.807) is 0 Å². The van der Waals surface area contributed by atoms with Crippen molar-refractivity contribution in [3.63, 3.8) is 0 Å². The van der Waals surface area contributed by atoms with Gasteiger partial charge in [-0.05, 0) is 105 Å². The van der Waals surface area contributed by atoms with Crippen LogP contribution in [0.4, 0.5) is 34.4 Å². The van der Waals surface area contributed by atoms with Crippen molar-refractivity contribution < 1.29 is 0 Å². The fraction of sp³-hybridized carbons (Fsp3) is 0. The molecule has 0 aliphatic rings. The molecule has 226 valence electrons. The lowest BCUT2D eigenvalue weighted by atomic mass is 10.0. The number of aromatic nitrogens is 2. The van der Waals surface area contributed by atoms with Gasteiger partial charge in [-0.25, -0.2) is 9.97 Å². The highest BCUT2D eigenvalue weighted by molar-refractivity contribution is 6.04. The summed E-state index contributed by atoms with van der Waals surface area (Å²) in [7, 11) is 0. The molecule has 4 nitrogen and oxygen atoms in total. The first-order valence-electron chi connectivity index (χ1n) is 16.2. The molecule has 48 heavy (non-hydrogen) atoms. The fourth-order valence-corrected chi connectivity index (χ4v) is 6.82. The van der Waals surface area contributed by atoms with E-state index in [2.05, 4.69) is 155 Å². The van der Waals surface area contributed by atoms with Crippen molar-refractivity contribution in [2.45, 2.75) is 0 Å². The topological polar surface area (TPSA) is 32.3 Å². The van der Waals surface area contributed by atoms with Crippen LogP contribution in [0.2, 0.25) is 0 Å². The molecule has 7 aromatic carbocycles.